The normalized spacial score (nSPS) is 11.8. The molecule has 3 aromatic rings. The molecule has 2 aromatic heterocycles. The summed E-state index contributed by atoms with van der Waals surface area (Å²) >= 11 is 7.40. The zero-order valence-electron chi connectivity index (χ0n) is 12.6. The molecule has 0 fully saturated rings. The lowest BCUT2D eigenvalue weighted by molar-refractivity contribution is 0.0992. The number of amides is 1. The van der Waals surface area contributed by atoms with Gasteiger partial charge in [-0.15, -0.1) is 6.42 Å². The van der Waals surface area contributed by atoms with Crippen LogP contribution in [0, 0.1) is 19.3 Å². The first-order valence-corrected chi connectivity index (χ1v) is 8.01. The van der Waals surface area contributed by atoms with Gasteiger partial charge in [0.1, 0.15) is 0 Å². The van der Waals surface area contributed by atoms with Crippen LogP contribution in [0.3, 0.4) is 0 Å². The summed E-state index contributed by atoms with van der Waals surface area (Å²) in [6.07, 6.45) is 5.44. The third-order valence-corrected chi connectivity index (χ3v) is 4.70. The van der Waals surface area contributed by atoms with Gasteiger partial charge in [-0.25, -0.2) is 0 Å². The van der Waals surface area contributed by atoms with Gasteiger partial charge in [-0.2, -0.15) is 10.1 Å². The number of fused-ring (bicyclic) bond motifs is 1. The van der Waals surface area contributed by atoms with E-state index in [4.69, 9.17) is 18.0 Å². The topological polar surface area (TPSA) is 52.2 Å². The molecule has 0 aliphatic rings. The largest absolute Gasteiger partial charge is 0.305 e. The quantitative estimate of drug-likeness (QED) is 0.671. The van der Waals surface area contributed by atoms with Crippen molar-refractivity contribution in [2.45, 2.75) is 13.5 Å². The minimum absolute atomic E-state index is 0.313. The second-order valence-electron chi connectivity index (χ2n) is 5.00. The number of benzene rings is 1. The Bertz CT molecular complexity index is 1000. The number of halogens is 1. The molecular weight excluding hydrogens is 332 g/mol. The first kappa shape index (κ1) is 15.5. The van der Waals surface area contributed by atoms with Gasteiger partial charge < -0.3 is 4.57 Å². The zero-order valence-corrected chi connectivity index (χ0v) is 14.1. The smallest absolute Gasteiger partial charge is 0.300 e. The summed E-state index contributed by atoms with van der Waals surface area (Å²) in [4.78, 5) is 17.1. The number of terminal acetylenes is 1. The Morgan fingerprint density at radius 3 is 2.91 bits per heavy atom. The number of carbonyl (C=O) groups excluding carboxylic acids is 1. The molecule has 23 heavy (non-hydrogen) atoms. The van der Waals surface area contributed by atoms with Crippen molar-refractivity contribution in [2.24, 2.45) is 12.0 Å². The van der Waals surface area contributed by atoms with Crippen molar-refractivity contribution in [1.82, 2.24) is 14.3 Å². The van der Waals surface area contributed by atoms with E-state index in [1.807, 2.05) is 23.6 Å². The summed E-state index contributed by atoms with van der Waals surface area (Å²) in [7, 11) is 1.78. The molecule has 116 valence electrons. The van der Waals surface area contributed by atoms with Gasteiger partial charge in [0, 0.05) is 17.8 Å². The van der Waals surface area contributed by atoms with Crippen LogP contribution in [0.4, 0.5) is 0 Å². The Kier molecular flexibility index (Phi) is 4.07. The second kappa shape index (κ2) is 6.03. The van der Waals surface area contributed by atoms with Gasteiger partial charge in [0.25, 0.3) is 5.91 Å². The van der Waals surface area contributed by atoms with Crippen LogP contribution in [0.2, 0.25) is 5.02 Å². The molecule has 0 atom stereocenters. The van der Waals surface area contributed by atoms with Crippen molar-refractivity contribution in [3.05, 3.63) is 45.5 Å². The fourth-order valence-electron chi connectivity index (χ4n) is 2.19. The first-order chi connectivity index (χ1) is 11.0. The molecule has 5 nitrogen and oxygen atoms in total. The van der Waals surface area contributed by atoms with E-state index < -0.39 is 5.91 Å². The molecule has 0 aliphatic heterocycles. The highest BCUT2D eigenvalue weighted by Gasteiger charge is 2.12. The van der Waals surface area contributed by atoms with E-state index >= 15 is 0 Å². The highest BCUT2D eigenvalue weighted by molar-refractivity contribution is 7.16. The lowest BCUT2D eigenvalue weighted by Gasteiger charge is -1.99. The number of carbonyl (C=O) groups is 1. The van der Waals surface area contributed by atoms with Crippen LogP contribution in [-0.4, -0.2) is 20.3 Å². The molecule has 0 N–H and O–H groups in total. The van der Waals surface area contributed by atoms with Gasteiger partial charge in [-0.3, -0.25) is 9.48 Å². The average Bonchev–Trinajstić information content (AvgIpc) is 3.00. The molecule has 0 spiro atoms. The van der Waals surface area contributed by atoms with E-state index in [9.17, 15) is 4.79 Å². The predicted molar refractivity (Wildman–Crippen MR) is 91.5 cm³/mol. The van der Waals surface area contributed by atoms with Crippen LogP contribution in [0.5, 0.6) is 0 Å². The molecule has 1 aromatic carbocycles. The number of thiazole rings is 1. The van der Waals surface area contributed by atoms with Crippen LogP contribution in [0.1, 0.15) is 16.2 Å². The third kappa shape index (κ3) is 2.93. The Morgan fingerprint density at radius 2 is 2.26 bits per heavy atom. The molecule has 0 unspecified atom stereocenters. The van der Waals surface area contributed by atoms with E-state index in [0.29, 0.717) is 22.1 Å². The molecule has 2 heterocycles. The molecule has 0 saturated carbocycles. The fraction of sp³-hybridized carbons (Fsp3) is 0.188. The Balaban J connectivity index is 2.16. The number of nitrogens with zero attached hydrogens (tertiary/aromatic N) is 4. The summed E-state index contributed by atoms with van der Waals surface area (Å²) in [5, 5.41) is 4.79. The maximum Gasteiger partial charge on any atom is 0.300 e. The minimum Gasteiger partial charge on any atom is -0.305 e. The third-order valence-electron chi connectivity index (χ3n) is 3.42. The van der Waals surface area contributed by atoms with Gasteiger partial charge in [-0.1, -0.05) is 28.9 Å². The van der Waals surface area contributed by atoms with E-state index in [1.165, 1.54) is 11.3 Å². The molecule has 3 rings (SSSR count). The predicted octanol–water partition coefficient (Wildman–Crippen LogP) is 2.77. The van der Waals surface area contributed by atoms with Crippen molar-refractivity contribution in [1.29, 1.82) is 0 Å². The number of hydrogen-bond donors (Lipinski definition) is 0. The van der Waals surface area contributed by atoms with Gasteiger partial charge in [0.05, 0.1) is 16.8 Å². The SMILES string of the molecule is C#CCn1c(=NC(=O)c2cc(C)n(C)n2)sc2cc(Cl)ccc21. The lowest BCUT2D eigenvalue weighted by Crippen LogP contribution is -2.16. The molecule has 0 bridgehead atoms. The summed E-state index contributed by atoms with van der Waals surface area (Å²) < 4.78 is 4.39. The first-order valence-electron chi connectivity index (χ1n) is 6.81. The van der Waals surface area contributed by atoms with Crippen molar-refractivity contribution >= 4 is 39.1 Å². The lowest BCUT2D eigenvalue weighted by atomic mass is 10.3. The van der Waals surface area contributed by atoms with Crippen molar-refractivity contribution in [2.75, 3.05) is 0 Å². The maximum absolute atomic E-state index is 12.4. The van der Waals surface area contributed by atoms with Crippen LogP contribution in [-0.2, 0) is 13.6 Å². The summed E-state index contributed by atoms with van der Waals surface area (Å²) in [6.45, 7) is 2.21. The molecule has 1 amide bonds. The van der Waals surface area contributed by atoms with Crippen LogP contribution < -0.4 is 4.80 Å². The van der Waals surface area contributed by atoms with Crippen LogP contribution in [0.25, 0.3) is 10.2 Å². The number of hydrogen-bond acceptors (Lipinski definition) is 3. The maximum atomic E-state index is 12.4. The molecule has 0 saturated heterocycles. The number of aromatic nitrogens is 3. The summed E-state index contributed by atoms with van der Waals surface area (Å²) in [6, 6.07) is 7.21. The van der Waals surface area contributed by atoms with Gasteiger partial charge in [0.15, 0.2) is 10.5 Å². The van der Waals surface area contributed by atoms with Crippen molar-refractivity contribution < 1.29 is 4.79 Å². The minimum atomic E-state index is -0.392. The van der Waals surface area contributed by atoms with Gasteiger partial charge >= 0.3 is 0 Å². The monoisotopic (exact) mass is 344 g/mol. The van der Waals surface area contributed by atoms with Gasteiger partial charge in [-0.05, 0) is 31.2 Å². The van der Waals surface area contributed by atoms with E-state index in [-0.39, 0.29) is 0 Å². The zero-order chi connectivity index (χ0) is 16.6. The summed E-state index contributed by atoms with van der Waals surface area (Å²) in [5.74, 6) is 2.20. The highest BCUT2D eigenvalue weighted by Crippen LogP contribution is 2.21. The molecule has 0 radical (unpaired) electrons. The van der Waals surface area contributed by atoms with E-state index in [1.54, 1.807) is 23.9 Å². The second-order valence-corrected chi connectivity index (χ2v) is 6.44. The van der Waals surface area contributed by atoms with Crippen molar-refractivity contribution in [3.8, 4) is 12.3 Å². The van der Waals surface area contributed by atoms with Crippen LogP contribution in [0.15, 0.2) is 29.3 Å². The average molecular weight is 345 g/mol. The molecule has 0 aliphatic carbocycles. The Hall–Kier alpha value is -2.36. The van der Waals surface area contributed by atoms with Gasteiger partial charge in [0.2, 0.25) is 0 Å². The number of aryl methyl sites for hydroxylation is 2. The number of rotatable bonds is 2. The van der Waals surface area contributed by atoms with E-state index in [2.05, 4.69) is 16.0 Å². The Labute approximate surface area is 141 Å². The molecule has 7 heteroatoms. The summed E-state index contributed by atoms with van der Waals surface area (Å²) in [5.41, 5.74) is 2.11. The fourth-order valence-corrected chi connectivity index (χ4v) is 3.49. The Morgan fingerprint density at radius 1 is 1.48 bits per heavy atom. The standard InChI is InChI=1S/C16H13ClN4OS/c1-4-7-21-13-6-5-11(17)9-14(13)23-16(21)18-15(22)12-8-10(2)20(3)19-12/h1,5-6,8-9H,7H2,2-3H3. The molecular formula is C16H13ClN4OS. The van der Waals surface area contributed by atoms with E-state index in [0.717, 1.165) is 15.9 Å². The van der Waals surface area contributed by atoms with Crippen LogP contribution >= 0.6 is 22.9 Å². The highest BCUT2D eigenvalue weighted by atomic mass is 35.5. The van der Waals surface area contributed by atoms with Crippen molar-refractivity contribution in [3.63, 3.8) is 0 Å².